The lowest BCUT2D eigenvalue weighted by atomic mass is 9.92. The van der Waals surface area contributed by atoms with Crippen molar-refractivity contribution >= 4 is 23.2 Å². The maximum atomic E-state index is 12.0. The van der Waals surface area contributed by atoms with Crippen LogP contribution in [0.4, 0.5) is 0 Å². The van der Waals surface area contributed by atoms with E-state index in [9.17, 15) is 4.79 Å². The minimum absolute atomic E-state index is 0.0273. The SMILES string of the molecule is CCNC(=O)C(C)(C)CN=C(NCC)NCCc1ncc(CC)s1. The molecule has 6 nitrogen and oxygen atoms in total. The van der Waals surface area contributed by atoms with Crippen molar-refractivity contribution in [2.45, 2.75) is 47.5 Å². The molecule has 0 aromatic carbocycles. The number of thiazole rings is 1. The summed E-state index contributed by atoms with van der Waals surface area (Å²) in [6.45, 7) is 12.5. The summed E-state index contributed by atoms with van der Waals surface area (Å²) in [5, 5.41) is 10.5. The second-order valence-electron chi connectivity index (χ2n) is 6.19. The van der Waals surface area contributed by atoms with Crippen molar-refractivity contribution < 1.29 is 4.79 Å². The molecule has 3 N–H and O–H groups in total. The average Bonchev–Trinajstić information content (AvgIpc) is 3.01. The molecule has 1 rings (SSSR count). The molecular formula is C17H31N5OS. The maximum absolute atomic E-state index is 12.0. The number of hydrogen-bond acceptors (Lipinski definition) is 4. The molecule has 24 heavy (non-hydrogen) atoms. The standard InChI is InChI=1S/C17H31N5OS/c1-6-13-11-21-14(24-13)9-10-20-16(19-8-3)22-12-17(4,5)15(23)18-7-2/h11H,6-10,12H2,1-5H3,(H,18,23)(H2,19,20,22). The van der Waals surface area contributed by atoms with Crippen LogP contribution in [0.1, 0.15) is 44.5 Å². The van der Waals surface area contributed by atoms with E-state index in [0.29, 0.717) is 13.1 Å². The average molecular weight is 354 g/mol. The van der Waals surface area contributed by atoms with E-state index in [0.717, 1.165) is 36.9 Å². The van der Waals surface area contributed by atoms with Crippen molar-refractivity contribution in [3.05, 3.63) is 16.1 Å². The fraction of sp³-hybridized carbons (Fsp3) is 0.706. The molecule has 0 aliphatic rings. The zero-order valence-corrected chi connectivity index (χ0v) is 16.3. The van der Waals surface area contributed by atoms with Gasteiger partial charge in [0.15, 0.2) is 5.96 Å². The Hall–Kier alpha value is -1.63. The van der Waals surface area contributed by atoms with Crippen LogP contribution in [-0.4, -0.2) is 43.0 Å². The van der Waals surface area contributed by atoms with Gasteiger partial charge in [-0.25, -0.2) is 4.98 Å². The molecular weight excluding hydrogens is 322 g/mol. The Morgan fingerprint density at radius 2 is 1.92 bits per heavy atom. The number of guanidine groups is 1. The van der Waals surface area contributed by atoms with Crippen molar-refractivity contribution in [1.82, 2.24) is 20.9 Å². The summed E-state index contributed by atoms with van der Waals surface area (Å²) < 4.78 is 0. The first-order valence-electron chi connectivity index (χ1n) is 8.67. The molecule has 0 saturated heterocycles. The molecule has 1 aromatic heterocycles. The third-order valence-electron chi connectivity index (χ3n) is 3.51. The molecule has 7 heteroatoms. The second-order valence-corrected chi connectivity index (χ2v) is 7.39. The molecule has 0 fully saturated rings. The van der Waals surface area contributed by atoms with Crippen molar-refractivity contribution in [1.29, 1.82) is 0 Å². The minimum Gasteiger partial charge on any atom is -0.357 e. The lowest BCUT2D eigenvalue weighted by molar-refractivity contribution is -0.128. The first kappa shape index (κ1) is 20.4. The summed E-state index contributed by atoms with van der Waals surface area (Å²) in [4.78, 5) is 22.3. The number of nitrogens with one attached hydrogen (secondary N) is 3. The summed E-state index contributed by atoms with van der Waals surface area (Å²) in [6.07, 6.45) is 3.85. The van der Waals surface area contributed by atoms with Gasteiger partial charge in [0.1, 0.15) is 0 Å². The first-order chi connectivity index (χ1) is 11.4. The number of carbonyl (C=O) groups excluding carboxylic acids is 1. The summed E-state index contributed by atoms with van der Waals surface area (Å²) in [7, 11) is 0. The lowest BCUT2D eigenvalue weighted by Crippen LogP contribution is -2.42. The van der Waals surface area contributed by atoms with Gasteiger partial charge in [0, 0.05) is 37.1 Å². The highest BCUT2D eigenvalue weighted by atomic mass is 32.1. The van der Waals surface area contributed by atoms with E-state index in [-0.39, 0.29) is 5.91 Å². The zero-order valence-electron chi connectivity index (χ0n) is 15.5. The van der Waals surface area contributed by atoms with Crippen LogP contribution in [0, 0.1) is 5.41 Å². The van der Waals surface area contributed by atoms with Gasteiger partial charge in [0.25, 0.3) is 0 Å². The highest BCUT2D eigenvalue weighted by molar-refractivity contribution is 7.11. The van der Waals surface area contributed by atoms with E-state index >= 15 is 0 Å². The van der Waals surface area contributed by atoms with Gasteiger partial charge >= 0.3 is 0 Å². The molecule has 0 radical (unpaired) electrons. The van der Waals surface area contributed by atoms with Crippen LogP contribution in [0.5, 0.6) is 0 Å². The topological polar surface area (TPSA) is 78.4 Å². The van der Waals surface area contributed by atoms with Gasteiger partial charge in [-0.1, -0.05) is 6.92 Å². The van der Waals surface area contributed by atoms with Crippen molar-refractivity contribution in [2.75, 3.05) is 26.2 Å². The molecule has 0 spiro atoms. The zero-order chi connectivity index (χ0) is 18.0. The Morgan fingerprint density at radius 3 is 2.50 bits per heavy atom. The normalized spacial score (nSPS) is 12.1. The van der Waals surface area contributed by atoms with Crippen molar-refractivity contribution in [3.63, 3.8) is 0 Å². The van der Waals surface area contributed by atoms with Gasteiger partial charge in [-0.2, -0.15) is 0 Å². The van der Waals surface area contributed by atoms with E-state index < -0.39 is 5.41 Å². The van der Waals surface area contributed by atoms with Crippen LogP contribution in [0.2, 0.25) is 0 Å². The first-order valence-corrected chi connectivity index (χ1v) is 9.48. The Bertz CT molecular complexity index is 539. The Balaban J connectivity index is 2.54. The number of amides is 1. The molecule has 0 aliphatic heterocycles. The maximum Gasteiger partial charge on any atom is 0.227 e. The van der Waals surface area contributed by atoms with Gasteiger partial charge < -0.3 is 16.0 Å². The van der Waals surface area contributed by atoms with E-state index in [2.05, 4.69) is 32.9 Å². The third-order valence-corrected chi connectivity index (χ3v) is 4.71. The molecule has 1 aromatic rings. The molecule has 0 atom stereocenters. The molecule has 0 unspecified atom stereocenters. The number of aliphatic imine (C=N–C) groups is 1. The minimum atomic E-state index is -0.524. The molecule has 136 valence electrons. The predicted octanol–water partition coefficient (Wildman–Crippen LogP) is 1.97. The van der Waals surface area contributed by atoms with E-state index in [1.807, 2.05) is 33.9 Å². The van der Waals surface area contributed by atoms with Gasteiger partial charge in [-0.05, 0) is 34.1 Å². The number of nitrogens with zero attached hydrogens (tertiary/aromatic N) is 2. The van der Waals surface area contributed by atoms with Gasteiger partial charge in [-0.3, -0.25) is 9.79 Å². The Kier molecular flexibility index (Phi) is 8.74. The summed E-state index contributed by atoms with van der Waals surface area (Å²) >= 11 is 1.76. The summed E-state index contributed by atoms with van der Waals surface area (Å²) in [5.41, 5.74) is -0.524. The fourth-order valence-corrected chi connectivity index (χ4v) is 2.87. The number of hydrogen-bond donors (Lipinski definition) is 3. The van der Waals surface area contributed by atoms with Crippen molar-refractivity contribution in [3.8, 4) is 0 Å². The molecule has 0 aliphatic carbocycles. The fourth-order valence-electron chi connectivity index (χ4n) is 2.00. The smallest absolute Gasteiger partial charge is 0.227 e. The van der Waals surface area contributed by atoms with Crippen LogP contribution < -0.4 is 16.0 Å². The molecule has 0 saturated carbocycles. The van der Waals surface area contributed by atoms with E-state index in [1.165, 1.54) is 4.88 Å². The third kappa shape index (κ3) is 6.86. The molecule has 1 heterocycles. The monoisotopic (exact) mass is 353 g/mol. The molecule has 0 bridgehead atoms. The van der Waals surface area contributed by atoms with Crippen LogP contribution in [0.3, 0.4) is 0 Å². The second kappa shape index (κ2) is 10.3. The summed E-state index contributed by atoms with van der Waals surface area (Å²) in [6, 6.07) is 0. The summed E-state index contributed by atoms with van der Waals surface area (Å²) in [5.74, 6) is 0.765. The number of carbonyl (C=O) groups is 1. The van der Waals surface area contributed by atoms with Gasteiger partial charge in [0.2, 0.25) is 5.91 Å². The number of aromatic nitrogens is 1. The lowest BCUT2D eigenvalue weighted by Gasteiger charge is -2.22. The largest absolute Gasteiger partial charge is 0.357 e. The highest BCUT2D eigenvalue weighted by Crippen LogP contribution is 2.15. The number of aryl methyl sites for hydroxylation is 1. The highest BCUT2D eigenvalue weighted by Gasteiger charge is 2.26. The predicted molar refractivity (Wildman–Crippen MR) is 102 cm³/mol. The number of rotatable bonds is 9. The van der Waals surface area contributed by atoms with Gasteiger partial charge in [0.05, 0.1) is 17.0 Å². The van der Waals surface area contributed by atoms with E-state index in [4.69, 9.17) is 0 Å². The Labute approximate surface area is 149 Å². The van der Waals surface area contributed by atoms with E-state index in [1.54, 1.807) is 11.3 Å². The van der Waals surface area contributed by atoms with Crippen LogP contribution in [0.15, 0.2) is 11.2 Å². The van der Waals surface area contributed by atoms with Gasteiger partial charge in [-0.15, -0.1) is 11.3 Å². The quantitative estimate of drug-likeness (QED) is 0.468. The van der Waals surface area contributed by atoms with Crippen LogP contribution >= 0.6 is 11.3 Å². The molecule has 1 amide bonds. The Morgan fingerprint density at radius 1 is 1.21 bits per heavy atom. The van der Waals surface area contributed by atoms with Crippen LogP contribution in [0.25, 0.3) is 0 Å². The van der Waals surface area contributed by atoms with Crippen LogP contribution in [-0.2, 0) is 17.6 Å². The van der Waals surface area contributed by atoms with Crippen molar-refractivity contribution in [2.24, 2.45) is 10.4 Å².